The molecular weight excluding hydrogens is 326 g/mol. The van der Waals surface area contributed by atoms with Gasteiger partial charge in [-0.25, -0.2) is 13.2 Å². The predicted octanol–water partition coefficient (Wildman–Crippen LogP) is 1.89. The Hall–Kier alpha value is -1.60. The van der Waals surface area contributed by atoms with Crippen molar-refractivity contribution >= 4 is 16.1 Å². The van der Waals surface area contributed by atoms with E-state index >= 15 is 0 Å². The summed E-state index contributed by atoms with van der Waals surface area (Å²) in [5.41, 5.74) is 0.805. The molecule has 24 heavy (non-hydrogen) atoms. The standard InChI is InChI=1S/C17H27N3O3S/c1-17(2,3)14-18-16(21)19-9-11-20(12-10-19)24(22,23)13-15-7-5-4-6-8-15/h4-8H,9-14H2,1-3H3,(H,18,21). The lowest BCUT2D eigenvalue weighted by Crippen LogP contribution is -2.54. The van der Waals surface area contributed by atoms with Gasteiger partial charge in [0.05, 0.1) is 5.75 Å². The van der Waals surface area contributed by atoms with Crippen molar-refractivity contribution in [3.63, 3.8) is 0 Å². The van der Waals surface area contributed by atoms with E-state index in [0.29, 0.717) is 32.7 Å². The Morgan fingerprint density at radius 3 is 2.21 bits per heavy atom. The van der Waals surface area contributed by atoms with Crippen LogP contribution in [0.5, 0.6) is 0 Å². The molecule has 7 heteroatoms. The highest BCUT2D eigenvalue weighted by molar-refractivity contribution is 7.88. The van der Waals surface area contributed by atoms with Gasteiger partial charge in [-0.05, 0) is 11.0 Å². The maximum Gasteiger partial charge on any atom is 0.317 e. The Labute approximate surface area is 144 Å². The summed E-state index contributed by atoms with van der Waals surface area (Å²) in [7, 11) is -3.35. The number of carbonyl (C=O) groups is 1. The van der Waals surface area contributed by atoms with E-state index in [0.717, 1.165) is 5.56 Å². The molecular formula is C17H27N3O3S. The van der Waals surface area contributed by atoms with Crippen LogP contribution in [0.25, 0.3) is 0 Å². The third-order valence-corrected chi connectivity index (χ3v) is 5.73. The fourth-order valence-corrected chi connectivity index (χ4v) is 4.01. The Bertz CT molecular complexity index is 645. The van der Waals surface area contributed by atoms with E-state index in [9.17, 15) is 13.2 Å². The highest BCUT2D eigenvalue weighted by Crippen LogP contribution is 2.14. The van der Waals surface area contributed by atoms with E-state index in [1.807, 2.05) is 30.3 Å². The van der Waals surface area contributed by atoms with Gasteiger partial charge < -0.3 is 10.2 Å². The zero-order valence-electron chi connectivity index (χ0n) is 14.7. The van der Waals surface area contributed by atoms with Crippen molar-refractivity contribution in [1.82, 2.24) is 14.5 Å². The molecule has 0 saturated carbocycles. The van der Waals surface area contributed by atoms with E-state index in [2.05, 4.69) is 26.1 Å². The van der Waals surface area contributed by atoms with Crippen molar-refractivity contribution in [1.29, 1.82) is 0 Å². The second-order valence-corrected chi connectivity index (χ2v) is 9.32. The first-order valence-electron chi connectivity index (χ1n) is 8.22. The Balaban J connectivity index is 1.86. The van der Waals surface area contributed by atoms with Crippen LogP contribution in [0.4, 0.5) is 4.79 Å². The highest BCUT2D eigenvalue weighted by atomic mass is 32.2. The number of piperazine rings is 1. The van der Waals surface area contributed by atoms with Crippen LogP contribution in [0.15, 0.2) is 30.3 Å². The summed E-state index contributed by atoms with van der Waals surface area (Å²) in [5, 5.41) is 2.90. The summed E-state index contributed by atoms with van der Waals surface area (Å²) in [5.74, 6) is 0.00403. The quantitative estimate of drug-likeness (QED) is 0.899. The lowest BCUT2D eigenvalue weighted by atomic mass is 9.97. The first-order valence-corrected chi connectivity index (χ1v) is 9.83. The fraction of sp³-hybridized carbons (Fsp3) is 0.588. The van der Waals surface area contributed by atoms with Crippen LogP contribution in [0.2, 0.25) is 0 Å². The topological polar surface area (TPSA) is 69.7 Å². The third kappa shape index (κ3) is 5.49. The predicted molar refractivity (Wildman–Crippen MR) is 95.1 cm³/mol. The van der Waals surface area contributed by atoms with Gasteiger partial charge in [-0.2, -0.15) is 4.31 Å². The molecule has 1 aromatic carbocycles. The van der Waals surface area contributed by atoms with E-state index in [1.54, 1.807) is 4.90 Å². The van der Waals surface area contributed by atoms with E-state index in [-0.39, 0.29) is 17.2 Å². The highest BCUT2D eigenvalue weighted by Gasteiger charge is 2.29. The first-order chi connectivity index (χ1) is 11.2. The lowest BCUT2D eigenvalue weighted by molar-refractivity contribution is 0.168. The first kappa shape index (κ1) is 18.7. The molecule has 2 rings (SSSR count). The zero-order valence-corrected chi connectivity index (χ0v) is 15.5. The maximum absolute atomic E-state index is 12.5. The van der Waals surface area contributed by atoms with Crippen LogP contribution >= 0.6 is 0 Å². The molecule has 0 spiro atoms. The smallest absolute Gasteiger partial charge is 0.317 e. The summed E-state index contributed by atoms with van der Waals surface area (Å²) in [6, 6.07) is 9.04. The van der Waals surface area contributed by atoms with Crippen LogP contribution in [-0.4, -0.2) is 56.4 Å². The Morgan fingerprint density at radius 2 is 1.67 bits per heavy atom. The SMILES string of the molecule is CC(C)(C)CNC(=O)N1CCN(S(=O)(=O)Cc2ccccc2)CC1. The largest absolute Gasteiger partial charge is 0.337 e. The van der Waals surface area contributed by atoms with Gasteiger partial charge >= 0.3 is 6.03 Å². The third-order valence-electron chi connectivity index (χ3n) is 3.88. The van der Waals surface area contributed by atoms with E-state index < -0.39 is 10.0 Å². The monoisotopic (exact) mass is 353 g/mol. The van der Waals surface area contributed by atoms with Gasteiger partial charge in [0.25, 0.3) is 0 Å². The molecule has 1 aliphatic rings. The molecule has 0 radical (unpaired) electrons. The van der Waals surface area contributed by atoms with Crippen LogP contribution in [0, 0.1) is 5.41 Å². The molecule has 1 aromatic rings. The lowest BCUT2D eigenvalue weighted by Gasteiger charge is -2.34. The maximum atomic E-state index is 12.5. The minimum atomic E-state index is -3.35. The van der Waals surface area contributed by atoms with Gasteiger partial charge in [0.15, 0.2) is 0 Å². The molecule has 2 amide bonds. The van der Waals surface area contributed by atoms with Crippen molar-refractivity contribution in [3.05, 3.63) is 35.9 Å². The number of carbonyl (C=O) groups excluding carboxylic acids is 1. The number of benzene rings is 1. The number of sulfonamides is 1. The Kier molecular flexibility index (Phi) is 5.87. The molecule has 0 unspecified atom stereocenters. The van der Waals surface area contributed by atoms with Gasteiger partial charge in [0.2, 0.25) is 10.0 Å². The number of rotatable bonds is 4. The van der Waals surface area contributed by atoms with Gasteiger partial charge in [0, 0.05) is 32.7 Å². The average molecular weight is 353 g/mol. The zero-order chi connectivity index (χ0) is 17.8. The molecule has 1 N–H and O–H groups in total. The molecule has 134 valence electrons. The van der Waals surface area contributed by atoms with Gasteiger partial charge in [-0.1, -0.05) is 51.1 Å². The number of nitrogens with one attached hydrogen (secondary N) is 1. The number of amides is 2. The molecule has 1 heterocycles. The van der Waals surface area contributed by atoms with Crippen molar-refractivity contribution in [3.8, 4) is 0 Å². The summed E-state index contributed by atoms with van der Waals surface area (Å²) < 4.78 is 26.5. The fourth-order valence-electron chi connectivity index (χ4n) is 2.50. The molecule has 0 atom stereocenters. The molecule has 6 nitrogen and oxygen atoms in total. The van der Waals surface area contributed by atoms with Crippen molar-refractivity contribution in [2.75, 3.05) is 32.7 Å². The number of hydrogen-bond acceptors (Lipinski definition) is 3. The van der Waals surface area contributed by atoms with Gasteiger partial charge in [-0.15, -0.1) is 0 Å². The molecule has 0 aromatic heterocycles. The van der Waals surface area contributed by atoms with Gasteiger partial charge in [0.1, 0.15) is 0 Å². The molecule has 0 bridgehead atoms. The van der Waals surface area contributed by atoms with Crippen molar-refractivity contribution in [2.45, 2.75) is 26.5 Å². The van der Waals surface area contributed by atoms with Gasteiger partial charge in [-0.3, -0.25) is 0 Å². The second-order valence-electron chi connectivity index (χ2n) is 7.35. The molecule has 1 saturated heterocycles. The number of nitrogens with zero attached hydrogens (tertiary/aromatic N) is 2. The molecule has 1 aliphatic heterocycles. The second kappa shape index (κ2) is 7.53. The number of hydrogen-bond donors (Lipinski definition) is 1. The minimum Gasteiger partial charge on any atom is -0.337 e. The van der Waals surface area contributed by atoms with Crippen LogP contribution < -0.4 is 5.32 Å². The normalized spacial score (nSPS) is 16.9. The Morgan fingerprint density at radius 1 is 1.08 bits per heavy atom. The van der Waals surface area contributed by atoms with Crippen molar-refractivity contribution in [2.24, 2.45) is 5.41 Å². The summed E-state index contributed by atoms with van der Waals surface area (Å²) in [4.78, 5) is 13.8. The molecule has 0 aliphatic carbocycles. The van der Waals surface area contributed by atoms with Crippen LogP contribution in [0.3, 0.4) is 0 Å². The summed E-state index contributed by atoms with van der Waals surface area (Å²) in [6.45, 7) is 8.30. The van der Waals surface area contributed by atoms with Crippen LogP contribution in [0.1, 0.15) is 26.3 Å². The average Bonchev–Trinajstić information content (AvgIpc) is 2.52. The summed E-state index contributed by atoms with van der Waals surface area (Å²) in [6.07, 6.45) is 0. The summed E-state index contributed by atoms with van der Waals surface area (Å²) >= 11 is 0. The van der Waals surface area contributed by atoms with Crippen molar-refractivity contribution < 1.29 is 13.2 Å². The van der Waals surface area contributed by atoms with Crippen LogP contribution in [-0.2, 0) is 15.8 Å². The van der Waals surface area contributed by atoms with E-state index in [4.69, 9.17) is 0 Å². The molecule has 1 fully saturated rings. The van der Waals surface area contributed by atoms with E-state index in [1.165, 1.54) is 4.31 Å². The minimum absolute atomic E-state index is 0.00403. The number of urea groups is 1.